The van der Waals surface area contributed by atoms with Crippen molar-refractivity contribution < 1.29 is 17.9 Å². The summed E-state index contributed by atoms with van der Waals surface area (Å²) in [7, 11) is -0.909. The van der Waals surface area contributed by atoms with Gasteiger partial charge in [-0.2, -0.15) is 0 Å². The topological polar surface area (TPSA) is 70.2 Å². The Morgan fingerprint density at radius 3 is 2.29 bits per heavy atom. The minimum absolute atomic E-state index is 0.0718. The van der Waals surface area contributed by atoms with Crippen LogP contribution in [0.25, 0.3) is 0 Å². The number of amides is 1. The number of ether oxygens (including phenoxy) is 1. The first-order chi connectivity index (χ1) is 16.8. The van der Waals surface area contributed by atoms with Crippen LogP contribution in [0.15, 0.2) is 77.7 Å². The Kier molecular flexibility index (Phi) is 7.42. The van der Waals surface area contributed by atoms with E-state index in [1.807, 2.05) is 30.0 Å². The van der Waals surface area contributed by atoms with Gasteiger partial charge in [-0.15, -0.1) is 0 Å². The van der Waals surface area contributed by atoms with Gasteiger partial charge in [-0.3, -0.25) is 14.0 Å². The van der Waals surface area contributed by atoms with E-state index in [9.17, 15) is 13.2 Å². The van der Waals surface area contributed by atoms with Crippen LogP contribution in [0.5, 0.6) is 5.75 Å². The van der Waals surface area contributed by atoms with Gasteiger partial charge in [-0.1, -0.05) is 48.5 Å². The van der Waals surface area contributed by atoms with Gasteiger partial charge in [0.1, 0.15) is 5.75 Å². The number of piperazine rings is 1. The number of carbonyl (C=O) groups is 1. The summed E-state index contributed by atoms with van der Waals surface area (Å²) in [5.74, 6) is 0.314. The van der Waals surface area contributed by atoms with Crippen molar-refractivity contribution >= 4 is 21.6 Å². The third-order valence-corrected chi connectivity index (χ3v) is 8.20. The smallest absolute Gasteiger partial charge is 0.264 e. The van der Waals surface area contributed by atoms with Crippen molar-refractivity contribution in [1.82, 2.24) is 9.80 Å². The summed E-state index contributed by atoms with van der Waals surface area (Å²) in [6, 6.07) is 22.0. The fraction of sp³-hybridized carbons (Fsp3) is 0.296. The molecule has 0 radical (unpaired) electrons. The van der Waals surface area contributed by atoms with E-state index in [0.717, 1.165) is 25.2 Å². The van der Waals surface area contributed by atoms with Crippen molar-refractivity contribution in [1.29, 1.82) is 0 Å². The molecule has 35 heavy (non-hydrogen) atoms. The highest BCUT2D eigenvalue weighted by molar-refractivity contribution is 7.92. The minimum Gasteiger partial charge on any atom is -0.495 e. The zero-order valence-electron chi connectivity index (χ0n) is 20.3. The predicted molar refractivity (Wildman–Crippen MR) is 137 cm³/mol. The quantitative estimate of drug-likeness (QED) is 0.501. The molecule has 0 aliphatic carbocycles. The van der Waals surface area contributed by atoms with Gasteiger partial charge in [0.25, 0.3) is 15.9 Å². The van der Waals surface area contributed by atoms with Crippen LogP contribution in [-0.2, 0) is 16.6 Å². The number of nitrogens with zero attached hydrogens (tertiary/aromatic N) is 3. The van der Waals surface area contributed by atoms with Crippen LogP contribution >= 0.6 is 0 Å². The van der Waals surface area contributed by atoms with Crippen molar-refractivity contribution in [2.45, 2.75) is 18.4 Å². The molecular formula is C27H31N3O4S. The van der Waals surface area contributed by atoms with Crippen LogP contribution in [0.2, 0.25) is 0 Å². The monoisotopic (exact) mass is 493 g/mol. The van der Waals surface area contributed by atoms with Gasteiger partial charge in [-0.05, 0) is 42.3 Å². The van der Waals surface area contributed by atoms with E-state index < -0.39 is 10.0 Å². The molecule has 1 aliphatic heterocycles. The Balaban J connectivity index is 1.50. The Morgan fingerprint density at radius 2 is 1.60 bits per heavy atom. The third-order valence-electron chi connectivity index (χ3n) is 6.43. The summed E-state index contributed by atoms with van der Waals surface area (Å²) in [5, 5.41) is 0. The lowest BCUT2D eigenvalue weighted by atomic mass is 10.1. The number of hydrogen-bond acceptors (Lipinski definition) is 5. The molecule has 0 saturated carbocycles. The van der Waals surface area contributed by atoms with E-state index in [1.165, 1.54) is 30.1 Å². The lowest BCUT2D eigenvalue weighted by Crippen LogP contribution is -2.48. The second-order valence-electron chi connectivity index (χ2n) is 8.68. The molecule has 1 aliphatic rings. The Bertz CT molecular complexity index is 1290. The van der Waals surface area contributed by atoms with E-state index in [1.54, 1.807) is 36.4 Å². The maximum absolute atomic E-state index is 13.4. The zero-order valence-corrected chi connectivity index (χ0v) is 21.2. The number of anilines is 1. The molecule has 0 spiro atoms. The summed E-state index contributed by atoms with van der Waals surface area (Å²) < 4.78 is 33.4. The number of benzene rings is 3. The summed E-state index contributed by atoms with van der Waals surface area (Å²) in [4.78, 5) is 17.6. The second-order valence-corrected chi connectivity index (χ2v) is 10.6. The SMILES string of the molecule is COc1ccccc1N(C)S(=O)(=O)c1ccc(C)c(C(=O)N2CCN(Cc3ccccc3)CC2)c1. The molecule has 0 aromatic heterocycles. The fourth-order valence-electron chi connectivity index (χ4n) is 4.29. The molecule has 3 aromatic carbocycles. The average Bonchev–Trinajstić information content (AvgIpc) is 2.89. The Hall–Kier alpha value is -3.36. The van der Waals surface area contributed by atoms with E-state index in [0.29, 0.717) is 30.1 Å². The molecule has 8 heteroatoms. The highest BCUT2D eigenvalue weighted by atomic mass is 32.2. The van der Waals surface area contributed by atoms with E-state index in [4.69, 9.17) is 4.74 Å². The number of rotatable bonds is 7. The second kappa shape index (κ2) is 10.5. The normalized spacial score (nSPS) is 14.5. The van der Waals surface area contributed by atoms with Gasteiger partial charge in [-0.25, -0.2) is 8.42 Å². The van der Waals surface area contributed by atoms with Crippen molar-refractivity contribution in [3.8, 4) is 5.75 Å². The number of hydrogen-bond donors (Lipinski definition) is 0. The first-order valence-corrected chi connectivity index (χ1v) is 13.0. The van der Waals surface area contributed by atoms with Crippen molar-refractivity contribution in [2.24, 2.45) is 0 Å². The van der Waals surface area contributed by atoms with Crippen molar-refractivity contribution in [3.05, 3.63) is 89.5 Å². The number of sulfonamides is 1. The maximum Gasteiger partial charge on any atom is 0.264 e. The van der Waals surface area contributed by atoms with Gasteiger partial charge in [0, 0.05) is 45.3 Å². The van der Waals surface area contributed by atoms with Crippen LogP contribution in [0.3, 0.4) is 0 Å². The summed E-state index contributed by atoms with van der Waals surface area (Å²) in [5.41, 5.74) is 2.84. The van der Waals surface area contributed by atoms with Gasteiger partial charge < -0.3 is 9.64 Å². The minimum atomic E-state index is -3.90. The summed E-state index contributed by atoms with van der Waals surface area (Å²) in [6.45, 7) is 5.43. The molecule has 184 valence electrons. The molecule has 7 nitrogen and oxygen atoms in total. The molecular weight excluding hydrogens is 462 g/mol. The number of methoxy groups -OCH3 is 1. The highest BCUT2D eigenvalue weighted by Crippen LogP contribution is 2.31. The van der Waals surface area contributed by atoms with Gasteiger partial charge in [0.05, 0.1) is 17.7 Å². The van der Waals surface area contributed by atoms with Gasteiger partial charge in [0.2, 0.25) is 0 Å². The molecule has 1 fully saturated rings. The first kappa shape index (κ1) is 24.8. The molecule has 0 unspecified atom stereocenters. The molecule has 1 amide bonds. The lowest BCUT2D eigenvalue weighted by Gasteiger charge is -2.35. The van der Waals surface area contributed by atoms with Gasteiger partial charge in [0.15, 0.2) is 0 Å². The summed E-state index contributed by atoms with van der Waals surface area (Å²) in [6.07, 6.45) is 0. The molecule has 1 saturated heterocycles. The third kappa shape index (κ3) is 5.33. The Morgan fingerprint density at radius 1 is 0.943 bits per heavy atom. The van der Waals surface area contributed by atoms with Crippen molar-refractivity contribution in [3.63, 3.8) is 0 Å². The first-order valence-electron chi connectivity index (χ1n) is 11.6. The predicted octanol–water partition coefficient (Wildman–Crippen LogP) is 3.79. The highest BCUT2D eigenvalue weighted by Gasteiger charge is 2.28. The van der Waals surface area contributed by atoms with Crippen molar-refractivity contribution in [2.75, 3.05) is 44.6 Å². The van der Waals surface area contributed by atoms with E-state index >= 15 is 0 Å². The average molecular weight is 494 g/mol. The fourth-order valence-corrected chi connectivity index (χ4v) is 5.52. The molecule has 0 N–H and O–H groups in total. The zero-order chi connectivity index (χ0) is 25.0. The lowest BCUT2D eigenvalue weighted by molar-refractivity contribution is 0.0627. The van der Waals surface area contributed by atoms with E-state index in [2.05, 4.69) is 17.0 Å². The van der Waals surface area contributed by atoms with Crippen LogP contribution in [0.4, 0.5) is 5.69 Å². The number of para-hydroxylation sites is 2. The van der Waals surface area contributed by atoms with Crippen LogP contribution < -0.4 is 9.04 Å². The maximum atomic E-state index is 13.4. The number of aryl methyl sites for hydroxylation is 1. The molecule has 4 rings (SSSR count). The molecule has 3 aromatic rings. The molecule has 0 atom stereocenters. The van der Waals surface area contributed by atoms with Crippen LogP contribution in [-0.4, -0.2) is 64.5 Å². The van der Waals surface area contributed by atoms with Crippen LogP contribution in [0.1, 0.15) is 21.5 Å². The van der Waals surface area contributed by atoms with Crippen LogP contribution in [0, 0.1) is 6.92 Å². The molecule has 1 heterocycles. The molecule has 0 bridgehead atoms. The Labute approximate surface area is 207 Å². The number of carbonyl (C=O) groups excluding carboxylic acids is 1. The largest absolute Gasteiger partial charge is 0.495 e. The van der Waals surface area contributed by atoms with E-state index in [-0.39, 0.29) is 10.8 Å². The van der Waals surface area contributed by atoms with Gasteiger partial charge >= 0.3 is 0 Å². The summed E-state index contributed by atoms with van der Waals surface area (Å²) >= 11 is 0. The standard InChI is InChI=1S/C27H31N3O4S/c1-21-13-14-23(35(32,33)28(2)25-11-7-8-12-26(25)34-3)19-24(21)27(31)30-17-15-29(16-18-30)20-22-9-5-4-6-10-22/h4-14,19H,15-18,20H2,1-3H3.